The van der Waals surface area contributed by atoms with Gasteiger partial charge in [0.1, 0.15) is 0 Å². The van der Waals surface area contributed by atoms with Gasteiger partial charge >= 0.3 is 0 Å². The summed E-state index contributed by atoms with van der Waals surface area (Å²) in [6, 6.07) is 6.60. The van der Waals surface area contributed by atoms with E-state index < -0.39 is 9.84 Å². The zero-order chi connectivity index (χ0) is 14.6. The fraction of sp³-hybridized carbons (Fsp3) is 0.533. The van der Waals surface area contributed by atoms with Crippen LogP contribution in [0, 0.1) is 0 Å². The molecule has 0 radical (unpaired) electrons. The topological polar surface area (TPSA) is 54.5 Å². The molecule has 1 fully saturated rings. The first-order valence-corrected chi connectivity index (χ1v) is 8.93. The van der Waals surface area contributed by atoms with Crippen LogP contribution in [-0.4, -0.2) is 38.6 Å². The average molecular weight is 295 g/mol. The molecular weight excluding hydrogens is 274 g/mol. The molecule has 1 heterocycles. The van der Waals surface area contributed by atoms with E-state index in [2.05, 4.69) is 0 Å². The fourth-order valence-corrected chi connectivity index (χ4v) is 3.09. The van der Waals surface area contributed by atoms with E-state index in [1.165, 1.54) is 19.1 Å². The van der Waals surface area contributed by atoms with Crippen molar-refractivity contribution in [1.29, 1.82) is 0 Å². The number of carbonyl (C=O) groups excluding carboxylic acids is 1. The summed E-state index contributed by atoms with van der Waals surface area (Å²) in [5, 5.41) is 0. The molecule has 0 unspecified atom stereocenters. The summed E-state index contributed by atoms with van der Waals surface area (Å²) < 4.78 is 22.8. The van der Waals surface area contributed by atoms with Crippen molar-refractivity contribution in [2.75, 3.05) is 19.3 Å². The van der Waals surface area contributed by atoms with Crippen LogP contribution in [0.2, 0.25) is 0 Å². The summed E-state index contributed by atoms with van der Waals surface area (Å²) in [4.78, 5) is 14.4. The van der Waals surface area contributed by atoms with Crippen LogP contribution in [0.4, 0.5) is 0 Å². The molecule has 1 aliphatic heterocycles. The van der Waals surface area contributed by atoms with E-state index in [-0.39, 0.29) is 5.91 Å². The molecule has 0 N–H and O–H groups in total. The van der Waals surface area contributed by atoms with Crippen LogP contribution < -0.4 is 0 Å². The number of sulfone groups is 1. The lowest BCUT2D eigenvalue weighted by molar-refractivity contribution is -0.130. The second-order valence-electron chi connectivity index (χ2n) is 5.39. The SMILES string of the molecule is CS(=O)(=O)c1ccc(CC(=O)N2CCCCCC2)cc1. The highest BCUT2D eigenvalue weighted by molar-refractivity contribution is 7.90. The van der Waals surface area contributed by atoms with Crippen molar-refractivity contribution >= 4 is 15.7 Å². The summed E-state index contributed by atoms with van der Waals surface area (Å²) >= 11 is 0. The van der Waals surface area contributed by atoms with Gasteiger partial charge in [-0.3, -0.25) is 4.79 Å². The number of nitrogens with zero attached hydrogens (tertiary/aromatic N) is 1. The highest BCUT2D eigenvalue weighted by Crippen LogP contribution is 2.14. The molecule has 0 spiro atoms. The monoisotopic (exact) mass is 295 g/mol. The largest absolute Gasteiger partial charge is 0.342 e. The molecular formula is C15H21NO3S. The second-order valence-corrected chi connectivity index (χ2v) is 7.40. The number of likely N-dealkylation sites (tertiary alicyclic amines) is 1. The lowest BCUT2D eigenvalue weighted by atomic mass is 10.1. The van der Waals surface area contributed by atoms with Crippen molar-refractivity contribution in [3.63, 3.8) is 0 Å². The third kappa shape index (κ3) is 4.07. The molecule has 1 aromatic carbocycles. The first-order chi connectivity index (χ1) is 9.47. The van der Waals surface area contributed by atoms with Crippen LogP contribution in [0.15, 0.2) is 29.2 Å². The van der Waals surface area contributed by atoms with Crippen molar-refractivity contribution in [3.05, 3.63) is 29.8 Å². The van der Waals surface area contributed by atoms with E-state index in [1.807, 2.05) is 4.90 Å². The van der Waals surface area contributed by atoms with Crippen molar-refractivity contribution in [1.82, 2.24) is 4.90 Å². The zero-order valence-corrected chi connectivity index (χ0v) is 12.7. The molecule has 0 bridgehead atoms. The number of benzene rings is 1. The van der Waals surface area contributed by atoms with Gasteiger partial charge in [0.25, 0.3) is 0 Å². The molecule has 4 nitrogen and oxygen atoms in total. The number of carbonyl (C=O) groups is 1. The summed E-state index contributed by atoms with van der Waals surface area (Å²) in [6.07, 6.45) is 6.10. The smallest absolute Gasteiger partial charge is 0.226 e. The van der Waals surface area contributed by atoms with E-state index >= 15 is 0 Å². The molecule has 1 amide bonds. The minimum Gasteiger partial charge on any atom is -0.342 e. The Labute approximate surface area is 120 Å². The van der Waals surface area contributed by atoms with Crippen molar-refractivity contribution in [2.45, 2.75) is 37.0 Å². The normalized spacial score (nSPS) is 16.8. The van der Waals surface area contributed by atoms with Crippen LogP contribution in [0.3, 0.4) is 0 Å². The van der Waals surface area contributed by atoms with Gasteiger partial charge in [-0.15, -0.1) is 0 Å². The maximum Gasteiger partial charge on any atom is 0.226 e. The van der Waals surface area contributed by atoms with Gasteiger partial charge in [0, 0.05) is 19.3 Å². The molecule has 2 rings (SSSR count). The first-order valence-electron chi connectivity index (χ1n) is 7.03. The van der Waals surface area contributed by atoms with Gasteiger partial charge in [-0.1, -0.05) is 25.0 Å². The van der Waals surface area contributed by atoms with E-state index in [1.54, 1.807) is 24.3 Å². The van der Waals surface area contributed by atoms with Gasteiger partial charge in [0.2, 0.25) is 5.91 Å². The van der Waals surface area contributed by atoms with E-state index in [0.717, 1.165) is 31.5 Å². The Morgan fingerprint density at radius 3 is 2.10 bits per heavy atom. The molecule has 1 saturated heterocycles. The van der Waals surface area contributed by atoms with Crippen LogP contribution in [0.25, 0.3) is 0 Å². The summed E-state index contributed by atoms with van der Waals surface area (Å²) in [5.74, 6) is 0.138. The lowest BCUT2D eigenvalue weighted by Gasteiger charge is -2.20. The minimum atomic E-state index is -3.17. The highest BCUT2D eigenvalue weighted by Gasteiger charge is 2.16. The van der Waals surface area contributed by atoms with Gasteiger partial charge < -0.3 is 4.90 Å². The number of rotatable bonds is 3. The number of hydrogen-bond donors (Lipinski definition) is 0. The lowest BCUT2D eigenvalue weighted by Crippen LogP contribution is -2.33. The van der Waals surface area contributed by atoms with Gasteiger partial charge in [0.05, 0.1) is 11.3 Å². The molecule has 0 atom stereocenters. The van der Waals surface area contributed by atoms with Crippen molar-refractivity contribution < 1.29 is 13.2 Å². The molecule has 1 aromatic rings. The van der Waals surface area contributed by atoms with Crippen LogP contribution in [-0.2, 0) is 21.1 Å². The van der Waals surface area contributed by atoms with E-state index in [4.69, 9.17) is 0 Å². The third-order valence-corrected chi connectivity index (χ3v) is 4.79. The molecule has 20 heavy (non-hydrogen) atoms. The minimum absolute atomic E-state index is 0.138. The Bertz CT molecular complexity index is 555. The number of hydrogen-bond acceptors (Lipinski definition) is 3. The third-order valence-electron chi connectivity index (χ3n) is 3.67. The molecule has 110 valence electrons. The Kier molecular flexibility index (Phi) is 4.81. The highest BCUT2D eigenvalue weighted by atomic mass is 32.2. The predicted octanol–water partition coefficient (Wildman–Crippen LogP) is 2.04. The summed E-state index contributed by atoms with van der Waals surface area (Å²) in [5.41, 5.74) is 0.867. The maximum atomic E-state index is 12.2. The number of amides is 1. The van der Waals surface area contributed by atoms with Gasteiger partial charge in [-0.05, 0) is 30.5 Å². The van der Waals surface area contributed by atoms with Crippen LogP contribution >= 0.6 is 0 Å². The van der Waals surface area contributed by atoms with Gasteiger partial charge in [-0.25, -0.2) is 8.42 Å². The quantitative estimate of drug-likeness (QED) is 0.857. The van der Waals surface area contributed by atoms with Crippen LogP contribution in [0.1, 0.15) is 31.2 Å². The maximum absolute atomic E-state index is 12.2. The summed E-state index contributed by atoms with van der Waals surface area (Å²) in [6.45, 7) is 1.69. The van der Waals surface area contributed by atoms with E-state index in [9.17, 15) is 13.2 Å². The Hall–Kier alpha value is -1.36. The molecule has 0 aliphatic carbocycles. The fourth-order valence-electron chi connectivity index (χ4n) is 2.46. The van der Waals surface area contributed by atoms with Crippen molar-refractivity contribution in [3.8, 4) is 0 Å². The van der Waals surface area contributed by atoms with Crippen LogP contribution in [0.5, 0.6) is 0 Å². The molecule has 0 aromatic heterocycles. The summed E-state index contributed by atoms with van der Waals surface area (Å²) in [7, 11) is -3.17. The predicted molar refractivity (Wildman–Crippen MR) is 78.3 cm³/mol. The Balaban J connectivity index is 2.00. The molecule has 5 heteroatoms. The Morgan fingerprint density at radius 1 is 1.05 bits per heavy atom. The zero-order valence-electron chi connectivity index (χ0n) is 11.8. The first kappa shape index (κ1) is 15.0. The van der Waals surface area contributed by atoms with Gasteiger partial charge in [-0.2, -0.15) is 0 Å². The van der Waals surface area contributed by atoms with Crippen molar-refractivity contribution in [2.24, 2.45) is 0 Å². The van der Waals surface area contributed by atoms with Gasteiger partial charge in [0.15, 0.2) is 9.84 Å². The molecule has 0 saturated carbocycles. The average Bonchev–Trinajstić information content (AvgIpc) is 2.67. The second kappa shape index (κ2) is 6.39. The Morgan fingerprint density at radius 2 is 1.60 bits per heavy atom. The standard InChI is InChI=1S/C15H21NO3S/c1-20(18,19)14-8-6-13(7-9-14)12-15(17)16-10-4-2-3-5-11-16/h6-9H,2-5,10-12H2,1H3. The molecule has 1 aliphatic rings. The van der Waals surface area contributed by atoms with E-state index in [0.29, 0.717) is 11.3 Å².